The van der Waals surface area contributed by atoms with Crippen molar-refractivity contribution in [1.29, 1.82) is 0 Å². The van der Waals surface area contributed by atoms with Crippen LogP contribution in [0.15, 0.2) is 4.99 Å². The van der Waals surface area contributed by atoms with E-state index in [0.29, 0.717) is 13.1 Å². The summed E-state index contributed by atoms with van der Waals surface area (Å²) in [5.41, 5.74) is 0. The van der Waals surface area contributed by atoms with Crippen LogP contribution in [-0.2, 0) is 0 Å². The molecule has 1 aliphatic heterocycles. The normalized spacial score (nSPS) is 17.4. The lowest BCUT2D eigenvalue weighted by molar-refractivity contribution is 0.247. The van der Waals surface area contributed by atoms with E-state index in [4.69, 9.17) is 0 Å². The molecule has 0 radical (unpaired) electrons. The SMILES string of the molecule is O=C(S)N1C=NCC1. The third-order valence-electron chi connectivity index (χ3n) is 0.937. The molecule has 0 N–H and O–H groups in total. The van der Waals surface area contributed by atoms with Gasteiger partial charge in [0.2, 0.25) is 0 Å². The average Bonchev–Trinajstić information content (AvgIpc) is 2.12. The molecular formula is C4H6N2OS. The maximum absolute atomic E-state index is 10.3. The molecule has 3 nitrogen and oxygen atoms in total. The smallest absolute Gasteiger partial charge is 0.283 e. The molecule has 0 spiro atoms. The van der Waals surface area contributed by atoms with E-state index >= 15 is 0 Å². The summed E-state index contributed by atoms with van der Waals surface area (Å²) in [5.74, 6) is 0. The lowest BCUT2D eigenvalue weighted by atomic mass is 10.6. The molecule has 44 valence electrons. The Bertz CT molecular complexity index is 134. The van der Waals surface area contributed by atoms with Gasteiger partial charge in [-0.1, -0.05) is 12.6 Å². The van der Waals surface area contributed by atoms with Gasteiger partial charge in [-0.2, -0.15) is 0 Å². The molecular weight excluding hydrogens is 124 g/mol. The molecule has 4 heteroatoms. The van der Waals surface area contributed by atoms with Crippen LogP contribution < -0.4 is 0 Å². The van der Waals surface area contributed by atoms with Crippen LogP contribution in [0.3, 0.4) is 0 Å². The zero-order chi connectivity index (χ0) is 5.98. The first-order valence-electron chi connectivity index (χ1n) is 2.30. The van der Waals surface area contributed by atoms with Crippen molar-refractivity contribution in [2.45, 2.75) is 0 Å². The maximum Gasteiger partial charge on any atom is 0.283 e. The van der Waals surface area contributed by atoms with Crippen molar-refractivity contribution in [2.75, 3.05) is 13.1 Å². The Morgan fingerprint density at radius 1 is 1.88 bits per heavy atom. The average molecular weight is 130 g/mol. The van der Waals surface area contributed by atoms with Gasteiger partial charge in [0.25, 0.3) is 5.24 Å². The third-order valence-corrected chi connectivity index (χ3v) is 1.19. The molecule has 0 bridgehead atoms. The van der Waals surface area contributed by atoms with E-state index in [9.17, 15) is 4.79 Å². The van der Waals surface area contributed by atoms with Gasteiger partial charge in [-0.15, -0.1) is 0 Å². The van der Waals surface area contributed by atoms with Crippen molar-refractivity contribution in [3.8, 4) is 0 Å². The van der Waals surface area contributed by atoms with Crippen LogP contribution in [0.4, 0.5) is 4.79 Å². The highest BCUT2D eigenvalue weighted by atomic mass is 32.1. The van der Waals surface area contributed by atoms with Crippen LogP contribution >= 0.6 is 12.6 Å². The zero-order valence-electron chi connectivity index (χ0n) is 4.24. The Morgan fingerprint density at radius 3 is 2.88 bits per heavy atom. The second-order valence-electron chi connectivity index (χ2n) is 1.50. The van der Waals surface area contributed by atoms with E-state index in [1.807, 2.05) is 0 Å². The second-order valence-corrected chi connectivity index (χ2v) is 1.88. The van der Waals surface area contributed by atoms with Gasteiger partial charge in [-0.3, -0.25) is 14.7 Å². The van der Waals surface area contributed by atoms with E-state index in [1.54, 1.807) is 0 Å². The summed E-state index contributed by atoms with van der Waals surface area (Å²) in [4.78, 5) is 15.6. The number of amides is 1. The summed E-state index contributed by atoms with van der Waals surface area (Å²) in [6, 6.07) is 0. The van der Waals surface area contributed by atoms with Gasteiger partial charge in [0.05, 0.1) is 12.9 Å². The van der Waals surface area contributed by atoms with Gasteiger partial charge in [0, 0.05) is 6.54 Å². The van der Waals surface area contributed by atoms with E-state index in [2.05, 4.69) is 17.6 Å². The Kier molecular flexibility index (Phi) is 1.53. The highest BCUT2D eigenvalue weighted by Crippen LogP contribution is 1.96. The molecule has 8 heavy (non-hydrogen) atoms. The highest BCUT2D eigenvalue weighted by molar-refractivity contribution is 7.96. The van der Waals surface area contributed by atoms with Crippen LogP contribution in [0.1, 0.15) is 0 Å². The molecule has 0 aromatic heterocycles. The van der Waals surface area contributed by atoms with E-state index in [0.717, 1.165) is 0 Å². The number of hydrogen-bond acceptors (Lipinski definition) is 2. The van der Waals surface area contributed by atoms with Crippen molar-refractivity contribution >= 4 is 24.2 Å². The molecule has 0 fully saturated rings. The Labute approximate surface area is 52.8 Å². The third kappa shape index (κ3) is 1.01. The van der Waals surface area contributed by atoms with Crippen LogP contribution in [0.25, 0.3) is 0 Å². The van der Waals surface area contributed by atoms with Gasteiger partial charge in [-0.05, 0) is 0 Å². The van der Waals surface area contributed by atoms with Crippen LogP contribution in [0.2, 0.25) is 0 Å². The van der Waals surface area contributed by atoms with E-state index in [1.165, 1.54) is 11.2 Å². The van der Waals surface area contributed by atoms with Crippen molar-refractivity contribution in [3.63, 3.8) is 0 Å². The fourth-order valence-electron chi connectivity index (χ4n) is 0.525. The molecule has 1 amide bonds. The fraction of sp³-hybridized carbons (Fsp3) is 0.500. The van der Waals surface area contributed by atoms with Gasteiger partial charge in [0.15, 0.2) is 0 Å². The van der Waals surface area contributed by atoms with E-state index in [-0.39, 0.29) is 5.24 Å². The molecule has 0 aromatic carbocycles. The summed E-state index contributed by atoms with van der Waals surface area (Å²) in [6.45, 7) is 1.40. The minimum Gasteiger partial charge on any atom is -0.292 e. The first-order valence-corrected chi connectivity index (χ1v) is 2.75. The lowest BCUT2D eigenvalue weighted by Crippen LogP contribution is -2.21. The number of carbonyl (C=O) groups excluding carboxylic acids is 1. The topological polar surface area (TPSA) is 32.7 Å². The summed E-state index contributed by atoms with van der Waals surface area (Å²) < 4.78 is 0. The number of thiol groups is 1. The number of hydrogen-bond donors (Lipinski definition) is 1. The molecule has 0 aliphatic carbocycles. The predicted octanol–water partition coefficient (Wildman–Crippen LogP) is 0.380. The zero-order valence-corrected chi connectivity index (χ0v) is 5.14. The molecule has 0 unspecified atom stereocenters. The van der Waals surface area contributed by atoms with Crippen molar-refractivity contribution in [1.82, 2.24) is 4.90 Å². The standard InChI is InChI=1S/C4H6N2OS/c7-4(8)6-2-1-5-3-6/h3H,1-2H2,(H,7,8). The summed E-state index contributed by atoms with van der Waals surface area (Å²) >= 11 is 3.59. The number of rotatable bonds is 0. The minimum atomic E-state index is -0.230. The quantitative estimate of drug-likeness (QED) is 0.472. The molecule has 1 aliphatic rings. The summed E-state index contributed by atoms with van der Waals surface area (Å²) in [5, 5.41) is -0.230. The van der Waals surface area contributed by atoms with Gasteiger partial charge in [-0.25, -0.2) is 0 Å². The first kappa shape index (κ1) is 5.62. The highest BCUT2D eigenvalue weighted by Gasteiger charge is 2.08. The minimum absolute atomic E-state index is 0.230. The Hall–Kier alpha value is -0.510. The summed E-state index contributed by atoms with van der Waals surface area (Å²) in [6.07, 6.45) is 1.51. The van der Waals surface area contributed by atoms with E-state index < -0.39 is 0 Å². The number of carbonyl (C=O) groups is 1. The van der Waals surface area contributed by atoms with Gasteiger partial charge in [0.1, 0.15) is 0 Å². The van der Waals surface area contributed by atoms with Crippen LogP contribution in [-0.4, -0.2) is 29.6 Å². The molecule has 0 aromatic rings. The maximum atomic E-state index is 10.3. The summed E-state index contributed by atoms with van der Waals surface area (Å²) in [7, 11) is 0. The number of aliphatic imine (C=N–C) groups is 1. The molecule has 1 rings (SSSR count). The molecule has 0 saturated heterocycles. The van der Waals surface area contributed by atoms with Crippen molar-refractivity contribution in [3.05, 3.63) is 0 Å². The molecule has 0 saturated carbocycles. The van der Waals surface area contributed by atoms with Crippen LogP contribution in [0, 0.1) is 0 Å². The molecule has 1 heterocycles. The largest absolute Gasteiger partial charge is 0.292 e. The monoisotopic (exact) mass is 130 g/mol. The fourth-order valence-corrected chi connectivity index (χ4v) is 0.676. The van der Waals surface area contributed by atoms with Crippen molar-refractivity contribution < 1.29 is 4.79 Å². The van der Waals surface area contributed by atoms with Crippen molar-refractivity contribution in [2.24, 2.45) is 4.99 Å². The first-order chi connectivity index (χ1) is 3.80. The number of nitrogens with zero attached hydrogens (tertiary/aromatic N) is 2. The Morgan fingerprint density at radius 2 is 2.62 bits per heavy atom. The second kappa shape index (κ2) is 2.17. The molecule has 0 atom stereocenters. The van der Waals surface area contributed by atoms with Gasteiger partial charge < -0.3 is 0 Å². The van der Waals surface area contributed by atoms with Crippen LogP contribution in [0.5, 0.6) is 0 Å². The predicted molar refractivity (Wildman–Crippen MR) is 34.4 cm³/mol. The lowest BCUT2D eigenvalue weighted by Gasteiger charge is -2.04. The Balaban J connectivity index is 2.48. The van der Waals surface area contributed by atoms with Gasteiger partial charge >= 0.3 is 0 Å².